The number of anilines is 1. The van der Waals surface area contributed by atoms with Gasteiger partial charge in [-0.05, 0) is 23.8 Å². The lowest BCUT2D eigenvalue weighted by Crippen LogP contribution is -2.55. The number of hydroxylamine groups is 1. The Balaban J connectivity index is 1.83. The highest BCUT2D eigenvalue weighted by Crippen LogP contribution is 2.40. The fourth-order valence-electron chi connectivity index (χ4n) is 3.66. The number of benzene rings is 2. The predicted molar refractivity (Wildman–Crippen MR) is 90.1 cm³/mol. The second-order valence-corrected chi connectivity index (χ2v) is 6.13. The van der Waals surface area contributed by atoms with Crippen molar-refractivity contribution in [2.24, 2.45) is 0 Å². The molecule has 2 aromatic carbocycles. The zero-order valence-electron chi connectivity index (χ0n) is 13.8. The highest BCUT2D eigenvalue weighted by molar-refractivity contribution is 6.23. The number of hydrogen-bond acceptors (Lipinski definition) is 4. The van der Waals surface area contributed by atoms with Crippen LogP contribution in [0, 0.1) is 0 Å². The number of amides is 3. The van der Waals surface area contributed by atoms with E-state index in [0.717, 1.165) is 15.5 Å². The first-order valence-electron chi connectivity index (χ1n) is 8.00. The van der Waals surface area contributed by atoms with Gasteiger partial charge in [0.15, 0.2) is 0 Å². The maximum atomic E-state index is 13.0. The molecule has 3 amide bonds. The summed E-state index contributed by atoms with van der Waals surface area (Å²) in [5.41, 5.74) is 2.14. The van der Waals surface area contributed by atoms with E-state index in [1.54, 1.807) is 30.3 Å². The highest BCUT2D eigenvalue weighted by atomic mass is 16.7. The molecule has 0 bridgehead atoms. The fourth-order valence-corrected chi connectivity index (χ4v) is 3.66. The number of rotatable bonds is 2. The van der Waals surface area contributed by atoms with Gasteiger partial charge in [0, 0.05) is 5.92 Å². The highest BCUT2D eigenvalue weighted by Gasteiger charge is 2.49. The van der Waals surface area contributed by atoms with Crippen LogP contribution in [0.25, 0.3) is 0 Å². The lowest BCUT2D eigenvalue weighted by molar-refractivity contribution is -0.130. The van der Waals surface area contributed by atoms with Crippen molar-refractivity contribution < 1.29 is 19.2 Å². The molecule has 0 aromatic heterocycles. The molecule has 0 radical (unpaired) electrons. The van der Waals surface area contributed by atoms with E-state index in [0.29, 0.717) is 16.8 Å². The summed E-state index contributed by atoms with van der Waals surface area (Å²) in [6, 6.07) is 13.0. The molecule has 6 heteroatoms. The molecule has 2 heterocycles. The Labute approximate surface area is 144 Å². The largest absolute Gasteiger partial charge is 0.274 e. The molecular weight excluding hydrogens is 320 g/mol. The van der Waals surface area contributed by atoms with Gasteiger partial charge < -0.3 is 0 Å². The number of imide groups is 1. The first kappa shape index (κ1) is 15.5. The molecule has 0 spiro atoms. The number of para-hydroxylation sites is 1. The third-order valence-corrected chi connectivity index (χ3v) is 4.86. The van der Waals surface area contributed by atoms with E-state index in [-0.39, 0.29) is 5.92 Å². The summed E-state index contributed by atoms with van der Waals surface area (Å²) < 4.78 is 0. The normalized spacial score (nSPS) is 22.2. The number of nitrogens with zero attached hydrogens (tertiary/aromatic N) is 2. The Hall–Kier alpha value is -2.99. The van der Waals surface area contributed by atoms with Crippen LogP contribution >= 0.6 is 0 Å². The molecule has 0 saturated carbocycles. The van der Waals surface area contributed by atoms with Gasteiger partial charge in [-0.25, -0.2) is 0 Å². The lowest BCUT2D eigenvalue weighted by atomic mass is 9.86. The smallest absolute Gasteiger partial charge is 0.270 e. The van der Waals surface area contributed by atoms with E-state index in [2.05, 4.69) is 0 Å². The zero-order chi connectivity index (χ0) is 17.7. The molecule has 25 heavy (non-hydrogen) atoms. The Morgan fingerprint density at radius 3 is 2.04 bits per heavy atom. The lowest BCUT2D eigenvalue weighted by Gasteiger charge is -2.39. The maximum Gasteiger partial charge on any atom is 0.274 e. The monoisotopic (exact) mass is 336 g/mol. The predicted octanol–water partition coefficient (Wildman–Crippen LogP) is 2.36. The van der Waals surface area contributed by atoms with E-state index >= 15 is 0 Å². The second kappa shape index (κ2) is 5.53. The summed E-state index contributed by atoms with van der Waals surface area (Å²) in [5.74, 6) is -1.65. The van der Waals surface area contributed by atoms with Crippen LogP contribution in [0.1, 0.15) is 39.1 Å². The van der Waals surface area contributed by atoms with Gasteiger partial charge in [0.1, 0.15) is 6.04 Å². The van der Waals surface area contributed by atoms with Gasteiger partial charge in [-0.15, -0.1) is 0 Å². The fraction of sp³-hybridized carbons (Fsp3) is 0.211. The molecule has 2 aromatic rings. The summed E-state index contributed by atoms with van der Waals surface area (Å²) in [6.45, 7) is 1.85. The van der Waals surface area contributed by atoms with Crippen LogP contribution in [0.2, 0.25) is 0 Å². The molecule has 2 atom stereocenters. The van der Waals surface area contributed by atoms with Crippen LogP contribution < -0.4 is 5.06 Å². The van der Waals surface area contributed by atoms with Crippen molar-refractivity contribution in [3.63, 3.8) is 0 Å². The summed E-state index contributed by atoms with van der Waals surface area (Å²) in [4.78, 5) is 44.9. The molecule has 0 aliphatic carbocycles. The Kier molecular flexibility index (Phi) is 3.43. The number of fused-ring (bicyclic) bond motifs is 2. The molecule has 0 saturated heterocycles. The van der Waals surface area contributed by atoms with E-state index in [4.69, 9.17) is 4.84 Å². The van der Waals surface area contributed by atoms with E-state index in [1.807, 2.05) is 25.1 Å². The van der Waals surface area contributed by atoms with Crippen molar-refractivity contribution in [1.82, 2.24) is 4.90 Å². The van der Waals surface area contributed by atoms with Gasteiger partial charge >= 0.3 is 0 Å². The van der Waals surface area contributed by atoms with Crippen molar-refractivity contribution in [2.45, 2.75) is 18.9 Å². The average molecular weight is 336 g/mol. The van der Waals surface area contributed by atoms with Crippen LogP contribution in [0.3, 0.4) is 0 Å². The minimum atomic E-state index is -0.942. The van der Waals surface area contributed by atoms with Gasteiger partial charge in [0.25, 0.3) is 17.7 Å². The van der Waals surface area contributed by atoms with Crippen molar-refractivity contribution in [3.05, 3.63) is 65.2 Å². The van der Waals surface area contributed by atoms with Crippen LogP contribution in [0.4, 0.5) is 5.69 Å². The molecule has 0 unspecified atom stereocenters. The Morgan fingerprint density at radius 2 is 1.44 bits per heavy atom. The van der Waals surface area contributed by atoms with Gasteiger partial charge in [-0.3, -0.25) is 24.1 Å². The molecule has 126 valence electrons. The van der Waals surface area contributed by atoms with E-state index in [1.165, 1.54) is 7.11 Å². The third kappa shape index (κ3) is 2.04. The Morgan fingerprint density at radius 1 is 0.880 bits per heavy atom. The van der Waals surface area contributed by atoms with Crippen molar-refractivity contribution in [1.29, 1.82) is 0 Å². The number of hydrogen-bond donors (Lipinski definition) is 0. The van der Waals surface area contributed by atoms with Crippen molar-refractivity contribution in [3.8, 4) is 0 Å². The summed E-state index contributed by atoms with van der Waals surface area (Å²) in [7, 11) is 1.39. The average Bonchev–Trinajstić information content (AvgIpc) is 2.88. The van der Waals surface area contributed by atoms with Crippen LogP contribution in [0.15, 0.2) is 48.5 Å². The molecule has 0 fully saturated rings. The van der Waals surface area contributed by atoms with Crippen molar-refractivity contribution in [2.75, 3.05) is 12.2 Å². The second-order valence-electron chi connectivity index (χ2n) is 6.13. The topological polar surface area (TPSA) is 66.9 Å². The van der Waals surface area contributed by atoms with Gasteiger partial charge in [-0.1, -0.05) is 37.3 Å². The molecule has 2 aliphatic heterocycles. The van der Waals surface area contributed by atoms with Crippen LogP contribution in [0.5, 0.6) is 0 Å². The molecule has 6 nitrogen and oxygen atoms in total. The minimum Gasteiger partial charge on any atom is -0.270 e. The molecule has 2 aliphatic rings. The third-order valence-electron chi connectivity index (χ3n) is 4.86. The van der Waals surface area contributed by atoms with Crippen molar-refractivity contribution >= 4 is 23.4 Å². The quantitative estimate of drug-likeness (QED) is 0.790. The van der Waals surface area contributed by atoms with Crippen LogP contribution in [-0.4, -0.2) is 35.8 Å². The summed E-state index contributed by atoms with van der Waals surface area (Å²) in [6.07, 6.45) is 0. The number of carbonyl (C=O) groups is 3. The van der Waals surface area contributed by atoms with E-state index in [9.17, 15) is 14.4 Å². The standard InChI is InChI=1S/C19H16N2O4/c1-11-12-7-5-6-10-15(12)21(25-2)19(24)16(11)20-17(22)13-8-3-4-9-14(13)18(20)23/h3-11,16H,1-2H3/t11-,16+/m1/s1. The van der Waals surface area contributed by atoms with E-state index < -0.39 is 23.8 Å². The van der Waals surface area contributed by atoms with Crippen LogP contribution in [-0.2, 0) is 9.63 Å². The minimum absolute atomic E-state index is 0.329. The summed E-state index contributed by atoms with van der Waals surface area (Å²) >= 11 is 0. The molecular formula is C19H16N2O4. The number of carbonyl (C=O) groups excluding carboxylic acids is 3. The maximum absolute atomic E-state index is 13.0. The summed E-state index contributed by atoms with van der Waals surface area (Å²) in [5, 5.41) is 1.16. The van der Waals surface area contributed by atoms with Gasteiger partial charge in [0.2, 0.25) is 0 Å². The first-order chi connectivity index (χ1) is 12.1. The van der Waals surface area contributed by atoms with Gasteiger partial charge in [-0.2, -0.15) is 5.06 Å². The Bertz CT molecular complexity index is 873. The molecule has 0 N–H and O–H groups in total. The first-order valence-corrected chi connectivity index (χ1v) is 8.00. The SMILES string of the molecule is CON1C(=O)[C@@H](N2C(=O)c3ccccc3C2=O)[C@H](C)c2ccccc21. The zero-order valence-corrected chi connectivity index (χ0v) is 13.8. The van der Waals surface area contributed by atoms with Gasteiger partial charge in [0.05, 0.1) is 23.9 Å². The molecule has 4 rings (SSSR count).